The first-order chi connectivity index (χ1) is 29.8. The molecule has 0 saturated carbocycles. The topological polar surface area (TPSA) is 222 Å². The molecule has 0 aliphatic carbocycles. The summed E-state index contributed by atoms with van der Waals surface area (Å²) in [4.78, 5) is 42.5. The number of carbonyl (C=O) groups excluding carboxylic acids is 2. The monoisotopic (exact) mass is 886 g/mol. The number of aromatic amines is 1. The number of hydrogen-bond acceptors (Lipinski definition) is 12. The van der Waals surface area contributed by atoms with Gasteiger partial charge in [0.15, 0.2) is 21.2 Å². The zero-order chi connectivity index (χ0) is 45.3. The number of benzene rings is 4. The fourth-order valence-electron chi connectivity index (χ4n) is 7.46. The number of ketones is 1. The lowest BCUT2D eigenvalue weighted by Gasteiger charge is -2.33. The molecule has 1 aliphatic rings. The van der Waals surface area contributed by atoms with Crippen LogP contribution in [0.15, 0.2) is 94.9 Å². The van der Waals surface area contributed by atoms with E-state index in [-0.39, 0.29) is 41.4 Å². The Morgan fingerprint density at radius 2 is 1.75 bits per heavy atom. The lowest BCUT2D eigenvalue weighted by Crippen LogP contribution is -2.45. The molecule has 63 heavy (non-hydrogen) atoms. The van der Waals surface area contributed by atoms with E-state index < -0.39 is 67.7 Å². The molecule has 7 rings (SSSR count). The summed E-state index contributed by atoms with van der Waals surface area (Å²) in [5.74, 6) is -3.03. The van der Waals surface area contributed by atoms with Gasteiger partial charge in [0.1, 0.15) is 24.6 Å². The number of aryl methyl sites for hydroxylation is 2. The number of nitrogens with one attached hydrogen (secondary N) is 3. The van der Waals surface area contributed by atoms with Gasteiger partial charge < -0.3 is 20.5 Å². The van der Waals surface area contributed by atoms with Crippen LogP contribution in [-0.2, 0) is 50.2 Å². The van der Waals surface area contributed by atoms with Gasteiger partial charge in [0.05, 0.1) is 50.9 Å². The molecule has 3 heterocycles. The number of hydrogen-bond donors (Lipinski definition) is 4. The summed E-state index contributed by atoms with van der Waals surface area (Å²) in [6.07, 6.45) is -2.41. The van der Waals surface area contributed by atoms with Crippen LogP contribution in [0.5, 0.6) is 0 Å². The van der Waals surface area contributed by atoms with Gasteiger partial charge in [0, 0.05) is 36.8 Å². The number of aromatic nitrogens is 5. The highest BCUT2D eigenvalue weighted by atomic mass is 32.2. The van der Waals surface area contributed by atoms with Crippen LogP contribution in [0.2, 0.25) is 0 Å². The van der Waals surface area contributed by atoms with E-state index in [1.165, 1.54) is 36.7 Å². The van der Waals surface area contributed by atoms with Gasteiger partial charge in [-0.15, -0.1) is 0 Å². The maximum absolute atomic E-state index is 14.6. The summed E-state index contributed by atoms with van der Waals surface area (Å²) in [7, 11) is -2.51. The molecular formula is C43H38F4N8O7S. The lowest BCUT2D eigenvalue weighted by molar-refractivity contribution is -0.138. The van der Waals surface area contributed by atoms with E-state index in [0.29, 0.717) is 41.5 Å². The van der Waals surface area contributed by atoms with Crippen molar-refractivity contribution in [1.82, 2.24) is 25.0 Å². The summed E-state index contributed by atoms with van der Waals surface area (Å²) in [6, 6.07) is 18.9. The highest BCUT2D eigenvalue weighted by Gasteiger charge is 2.39. The average molecular weight is 887 g/mol. The molecule has 0 spiro atoms. The summed E-state index contributed by atoms with van der Waals surface area (Å²) in [6.45, 7) is 1.01. The Kier molecular flexibility index (Phi) is 12.3. The minimum absolute atomic E-state index is 0.0974. The molecule has 1 aliphatic heterocycles. The summed E-state index contributed by atoms with van der Waals surface area (Å²) in [5, 5.41) is 36.9. The number of amides is 1. The van der Waals surface area contributed by atoms with E-state index in [4.69, 9.17) is 10.00 Å². The van der Waals surface area contributed by atoms with E-state index >= 15 is 0 Å². The third kappa shape index (κ3) is 9.65. The van der Waals surface area contributed by atoms with Gasteiger partial charge in [-0.1, -0.05) is 36.4 Å². The van der Waals surface area contributed by atoms with Crippen molar-refractivity contribution in [3.8, 4) is 6.07 Å². The number of nitriles is 1. The average Bonchev–Trinajstić information content (AvgIpc) is 3.66. The SMILES string of the molecule is Cn1ncnc1[C@H]1c2n[nH]c(=O)c3cc(F)cc(c23)N[C@@H]1c1ccc(CC(=O)COCCCc2ccc(S(=O)(=O)C[C@](C)(O)C(=O)Nc3ccc(C#N)c(C(F)(F)F)c3)cc2)cc1. The molecular weight excluding hydrogens is 849 g/mol. The Bertz CT molecular complexity index is 2930. The second-order valence-electron chi connectivity index (χ2n) is 15.3. The number of ether oxygens (including phenoxy) is 1. The van der Waals surface area contributed by atoms with Crippen molar-refractivity contribution in [2.75, 3.05) is 29.6 Å². The van der Waals surface area contributed by atoms with Crippen LogP contribution in [0.3, 0.4) is 0 Å². The number of H-pyrrole nitrogens is 1. The number of aliphatic hydroxyl groups is 1. The predicted molar refractivity (Wildman–Crippen MR) is 220 cm³/mol. The number of alkyl halides is 3. The van der Waals surface area contributed by atoms with Crippen LogP contribution >= 0.6 is 0 Å². The molecule has 0 radical (unpaired) electrons. The highest BCUT2D eigenvalue weighted by molar-refractivity contribution is 7.91. The minimum atomic E-state index is -4.89. The van der Waals surface area contributed by atoms with Crippen molar-refractivity contribution < 1.29 is 45.4 Å². The third-order valence-corrected chi connectivity index (χ3v) is 12.5. The summed E-state index contributed by atoms with van der Waals surface area (Å²) >= 11 is 0. The van der Waals surface area contributed by atoms with Crippen LogP contribution < -0.4 is 16.2 Å². The first-order valence-electron chi connectivity index (χ1n) is 19.3. The molecule has 4 aromatic carbocycles. The van der Waals surface area contributed by atoms with E-state index in [2.05, 4.69) is 30.9 Å². The lowest BCUT2D eigenvalue weighted by atomic mass is 9.83. The summed E-state index contributed by atoms with van der Waals surface area (Å²) in [5.41, 5.74) is -2.23. The van der Waals surface area contributed by atoms with Gasteiger partial charge in [-0.2, -0.15) is 28.6 Å². The van der Waals surface area contributed by atoms with Gasteiger partial charge in [0.2, 0.25) is 0 Å². The first kappa shape index (κ1) is 44.2. The molecule has 0 fully saturated rings. The van der Waals surface area contributed by atoms with E-state index in [0.717, 1.165) is 35.7 Å². The number of rotatable bonds is 15. The molecule has 6 aromatic rings. The van der Waals surface area contributed by atoms with Crippen LogP contribution in [0.25, 0.3) is 10.8 Å². The fourth-order valence-corrected chi connectivity index (χ4v) is 9.05. The largest absolute Gasteiger partial charge is 0.417 e. The fraction of sp³-hybridized carbons (Fsp3) is 0.279. The number of nitrogens with zero attached hydrogens (tertiary/aromatic N) is 5. The summed E-state index contributed by atoms with van der Waals surface area (Å²) < 4.78 is 88.1. The number of anilines is 2. The second-order valence-corrected chi connectivity index (χ2v) is 17.3. The molecule has 326 valence electrons. The van der Waals surface area contributed by atoms with Gasteiger partial charge in [-0.3, -0.25) is 19.1 Å². The molecule has 15 nitrogen and oxygen atoms in total. The zero-order valence-corrected chi connectivity index (χ0v) is 34.3. The van der Waals surface area contributed by atoms with Gasteiger partial charge in [-0.25, -0.2) is 22.9 Å². The number of sulfone groups is 1. The molecule has 0 bridgehead atoms. The maximum atomic E-state index is 14.6. The smallest absolute Gasteiger partial charge is 0.379 e. The van der Waals surface area contributed by atoms with Crippen molar-refractivity contribution in [2.24, 2.45) is 7.05 Å². The van der Waals surface area contributed by atoms with Gasteiger partial charge in [-0.05, 0) is 78.9 Å². The Balaban J connectivity index is 0.893. The second kappa shape index (κ2) is 17.5. The molecule has 1 amide bonds. The molecule has 0 saturated heterocycles. The number of Topliss-reactive ketones (excluding diaryl/α,β-unsaturated/α-hetero) is 1. The standard InChI is InChI=1S/C43H38F4N8O7S/c1-42(59,41(58)51-29-12-11-27(20-48)33(19-29)43(45,46)47)22-63(60,61)31-13-7-24(8-14-31)4-3-15-62-21-30(56)16-25-5-9-26(10-6-25)37-36(39-49-23-50-55(39)2)38-35-32(40(57)54-53-38)17-28(44)18-34(35)52-37/h5-14,17-19,23,36-37,52,59H,3-4,15-16,21-22H2,1-2H3,(H,51,58)(H,54,57)/t36-,37-,42+/m1/s1. The van der Waals surface area contributed by atoms with E-state index in [9.17, 15) is 45.5 Å². The first-order valence-corrected chi connectivity index (χ1v) is 21.0. The Morgan fingerprint density at radius 3 is 2.41 bits per heavy atom. The molecule has 2 aromatic heterocycles. The van der Waals surface area contributed by atoms with Crippen molar-refractivity contribution >= 4 is 43.7 Å². The minimum Gasteiger partial charge on any atom is -0.379 e. The van der Waals surface area contributed by atoms with Crippen LogP contribution in [0, 0.1) is 17.1 Å². The van der Waals surface area contributed by atoms with Crippen molar-refractivity contribution in [1.29, 1.82) is 5.26 Å². The quantitative estimate of drug-likeness (QED) is 0.0762. The van der Waals surface area contributed by atoms with Crippen LogP contribution in [-0.4, -0.2) is 74.7 Å². The maximum Gasteiger partial charge on any atom is 0.417 e. The third-order valence-electron chi connectivity index (χ3n) is 10.5. The van der Waals surface area contributed by atoms with Crippen molar-refractivity contribution in [2.45, 2.75) is 54.8 Å². The van der Waals surface area contributed by atoms with E-state index in [1.54, 1.807) is 23.9 Å². The molecule has 4 N–H and O–H groups in total. The zero-order valence-electron chi connectivity index (χ0n) is 33.5. The van der Waals surface area contributed by atoms with Gasteiger partial charge in [0.25, 0.3) is 11.5 Å². The van der Waals surface area contributed by atoms with Crippen LogP contribution in [0.1, 0.15) is 64.6 Å². The molecule has 0 unspecified atom stereocenters. The van der Waals surface area contributed by atoms with Gasteiger partial charge >= 0.3 is 6.18 Å². The predicted octanol–water partition coefficient (Wildman–Crippen LogP) is 5.30. The molecule has 3 atom stereocenters. The Morgan fingerprint density at radius 1 is 1.03 bits per heavy atom. The molecule has 20 heteroatoms. The van der Waals surface area contributed by atoms with Crippen LogP contribution in [0.4, 0.5) is 28.9 Å². The Labute approximate surface area is 356 Å². The van der Waals surface area contributed by atoms with Crippen molar-refractivity contribution in [3.63, 3.8) is 0 Å². The highest BCUT2D eigenvalue weighted by Crippen LogP contribution is 2.46. The number of halogens is 4. The normalized spacial score (nSPS) is 15.9. The number of carbonyl (C=O) groups is 2. The van der Waals surface area contributed by atoms with Crippen molar-refractivity contribution in [3.05, 3.63) is 141 Å². The Hall–Kier alpha value is -6.82. The van der Waals surface area contributed by atoms with E-state index in [1.807, 2.05) is 24.3 Å².